The predicted molar refractivity (Wildman–Crippen MR) is 73.7 cm³/mol. The Balaban J connectivity index is 4.14. The van der Waals surface area contributed by atoms with E-state index in [0.717, 1.165) is 6.08 Å². The van der Waals surface area contributed by atoms with E-state index in [1.54, 1.807) is 22.6 Å². The Hall–Kier alpha value is -0.590. The summed E-state index contributed by atoms with van der Waals surface area (Å²) < 4.78 is 10.1. The second kappa shape index (κ2) is 8.49. The second-order valence-electron chi connectivity index (χ2n) is 4.51. The summed E-state index contributed by atoms with van der Waals surface area (Å²) >= 11 is 1.77. The van der Waals surface area contributed by atoms with Gasteiger partial charge in [0.1, 0.15) is 3.58 Å². The minimum atomic E-state index is -0.510. The van der Waals surface area contributed by atoms with Crippen LogP contribution in [0.2, 0.25) is 0 Å². The van der Waals surface area contributed by atoms with Gasteiger partial charge in [0.2, 0.25) is 0 Å². The first kappa shape index (κ1) is 16.4. The maximum atomic E-state index is 11.4. The van der Waals surface area contributed by atoms with Gasteiger partial charge in [-0.05, 0) is 34.4 Å². The third kappa shape index (κ3) is 9.14. The van der Waals surface area contributed by atoms with Crippen LogP contribution >= 0.6 is 22.6 Å². The fraction of sp³-hybridized carbons (Fsp3) is 0.667. The Kier molecular flexibility index (Phi) is 8.20. The van der Waals surface area contributed by atoms with Crippen molar-refractivity contribution in [2.75, 3.05) is 13.2 Å². The Morgan fingerprint density at radius 3 is 2.00 bits per heavy atom. The lowest BCUT2D eigenvalue weighted by atomic mass is 10.2. The van der Waals surface area contributed by atoms with Crippen LogP contribution in [0.4, 0.5) is 0 Å². The molecule has 0 fully saturated rings. The molecule has 0 spiro atoms. The molecule has 0 aliphatic heterocycles. The van der Waals surface area contributed by atoms with Crippen LogP contribution in [0.25, 0.3) is 0 Å². The first-order chi connectivity index (χ1) is 7.82. The van der Waals surface area contributed by atoms with E-state index in [9.17, 15) is 9.59 Å². The van der Waals surface area contributed by atoms with Crippen LogP contribution in [0.3, 0.4) is 0 Å². The molecular weight excluding hydrogens is 335 g/mol. The maximum absolute atomic E-state index is 11.4. The third-order valence-corrected chi connectivity index (χ3v) is 2.30. The normalized spacial score (nSPS) is 11.8. The number of hydrogen-bond acceptors (Lipinski definition) is 4. The average Bonchev–Trinajstić information content (AvgIpc) is 2.22. The van der Waals surface area contributed by atoms with Crippen LogP contribution in [-0.4, -0.2) is 25.2 Å². The van der Waals surface area contributed by atoms with E-state index in [1.807, 2.05) is 27.7 Å². The van der Waals surface area contributed by atoms with Crippen LogP contribution in [0.5, 0.6) is 0 Å². The summed E-state index contributed by atoms with van der Waals surface area (Å²) in [6, 6.07) is 0. The smallest absolute Gasteiger partial charge is 0.344 e. The summed E-state index contributed by atoms with van der Waals surface area (Å²) in [6.45, 7) is 8.47. The molecule has 0 aromatic carbocycles. The van der Waals surface area contributed by atoms with Crippen molar-refractivity contribution >= 4 is 34.5 Å². The van der Waals surface area contributed by atoms with Crippen molar-refractivity contribution in [3.8, 4) is 0 Å². The molecule has 0 radical (unpaired) electrons. The highest BCUT2D eigenvalue weighted by molar-refractivity contribution is 14.1. The fourth-order valence-electron chi connectivity index (χ4n) is 0.764. The van der Waals surface area contributed by atoms with Crippen molar-refractivity contribution in [1.29, 1.82) is 0 Å². The van der Waals surface area contributed by atoms with E-state index in [1.165, 1.54) is 0 Å². The quantitative estimate of drug-likeness (QED) is 0.418. The maximum Gasteiger partial charge on any atom is 0.344 e. The van der Waals surface area contributed by atoms with Gasteiger partial charge in [-0.25, -0.2) is 9.59 Å². The molecule has 0 unspecified atom stereocenters. The summed E-state index contributed by atoms with van der Waals surface area (Å²) in [5.41, 5.74) is 0. The van der Waals surface area contributed by atoms with Gasteiger partial charge in [-0.3, -0.25) is 0 Å². The Bertz CT molecular complexity index is 295. The Morgan fingerprint density at radius 2 is 1.53 bits per heavy atom. The lowest BCUT2D eigenvalue weighted by Gasteiger charge is -2.07. The molecule has 17 heavy (non-hydrogen) atoms. The molecule has 4 nitrogen and oxygen atoms in total. The zero-order valence-corrected chi connectivity index (χ0v) is 12.8. The van der Waals surface area contributed by atoms with E-state index in [0.29, 0.717) is 13.2 Å². The van der Waals surface area contributed by atoms with Crippen molar-refractivity contribution in [3.05, 3.63) is 9.66 Å². The van der Waals surface area contributed by atoms with Gasteiger partial charge in [0.25, 0.3) is 0 Å². The fourth-order valence-corrected chi connectivity index (χ4v) is 1.17. The summed E-state index contributed by atoms with van der Waals surface area (Å²) in [4.78, 5) is 22.7. The molecule has 0 N–H and O–H groups in total. The van der Waals surface area contributed by atoms with Gasteiger partial charge >= 0.3 is 11.9 Å². The lowest BCUT2D eigenvalue weighted by molar-refractivity contribution is -0.141. The molecule has 0 atom stereocenters. The van der Waals surface area contributed by atoms with E-state index in [2.05, 4.69) is 0 Å². The Morgan fingerprint density at radius 1 is 1.06 bits per heavy atom. The van der Waals surface area contributed by atoms with Crippen molar-refractivity contribution in [2.45, 2.75) is 27.7 Å². The zero-order valence-electron chi connectivity index (χ0n) is 10.7. The minimum absolute atomic E-state index is 0.233. The second-order valence-corrected chi connectivity index (χ2v) is 5.67. The van der Waals surface area contributed by atoms with Crippen molar-refractivity contribution in [1.82, 2.24) is 0 Å². The molecule has 0 rings (SSSR count). The molecule has 0 aliphatic carbocycles. The molecule has 0 aliphatic rings. The first-order valence-corrected chi connectivity index (χ1v) is 6.61. The molecule has 98 valence electrons. The molecule has 0 bridgehead atoms. The average molecular weight is 354 g/mol. The van der Waals surface area contributed by atoms with Gasteiger partial charge in [-0.1, -0.05) is 27.7 Å². The minimum Gasteiger partial charge on any atom is -0.462 e. The number of ether oxygens (including phenoxy) is 2. The van der Waals surface area contributed by atoms with E-state index >= 15 is 0 Å². The number of hydrogen-bond donors (Lipinski definition) is 0. The summed E-state index contributed by atoms with van der Waals surface area (Å²) in [7, 11) is 0. The SMILES string of the molecule is CC(C)COC(=O)/C=C(\I)C(=O)OCC(C)C. The number of carbonyl (C=O) groups excluding carboxylic acids is 2. The molecule has 0 amide bonds. The number of rotatable bonds is 6. The molecule has 0 saturated carbocycles. The van der Waals surface area contributed by atoms with Gasteiger partial charge in [-0.2, -0.15) is 0 Å². The van der Waals surface area contributed by atoms with Gasteiger partial charge in [0.05, 0.1) is 13.2 Å². The van der Waals surface area contributed by atoms with Crippen LogP contribution in [0.15, 0.2) is 9.66 Å². The van der Waals surface area contributed by atoms with Gasteiger partial charge in [-0.15, -0.1) is 0 Å². The van der Waals surface area contributed by atoms with Crippen LogP contribution in [0.1, 0.15) is 27.7 Å². The molecular formula is C12H19IO4. The van der Waals surface area contributed by atoms with Gasteiger partial charge in [0, 0.05) is 6.08 Å². The van der Waals surface area contributed by atoms with E-state index in [-0.39, 0.29) is 15.4 Å². The van der Waals surface area contributed by atoms with E-state index in [4.69, 9.17) is 9.47 Å². The topological polar surface area (TPSA) is 52.6 Å². The number of esters is 2. The van der Waals surface area contributed by atoms with Gasteiger partial charge in [0.15, 0.2) is 0 Å². The van der Waals surface area contributed by atoms with Crippen molar-refractivity contribution in [2.24, 2.45) is 11.8 Å². The first-order valence-electron chi connectivity index (χ1n) is 5.54. The van der Waals surface area contributed by atoms with Crippen molar-refractivity contribution < 1.29 is 19.1 Å². The summed E-state index contributed by atoms with van der Waals surface area (Å²) in [6.07, 6.45) is 1.16. The van der Waals surface area contributed by atoms with Gasteiger partial charge < -0.3 is 9.47 Å². The van der Waals surface area contributed by atoms with Crippen LogP contribution < -0.4 is 0 Å². The standard InChI is InChI=1S/C12H19IO4/c1-8(2)6-16-11(14)5-10(13)12(15)17-7-9(3)4/h5,8-9H,6-7H2,1-4H3/b10-5-. The predicted octanol–water partition coefficient (Wildman–Crippen LogP) is 2.70. The summed E-state index contributed by atoms with van der Waals surface area (Å²) in [5, 5.41) is 0. The largest absolute Gasteiger partial charge is 0.462 e. The monoisotopic (exact) mass is 354 g/mol. The lowest BCUT2D eigenvalue weighted by Crippen LogP contribution is -2.12. The number of carbonyl (C=O) groups is 2. The third-order valence-electron chi connectivity index (χ3n) is 1.55. The molecule has 0 aromatic rings. The highest BCUT2D eigenvalue weighted by atomic mass is 127. The zero-order chi connectivity index (χ0) is 13.4. The highest BCUT2D eigenvalue weighted by Gasteiger charge is 2.11. The molecule has 0 aromatic heterocycles. The number of halogens is 1. The van der Waals surface area contributed by atoms with E-state index < -0.39 is 11.9 Å². The molecule has 0 heterocycles. The summed E-state index contributed by atoms with van der Waals surface area (Å²) in [5.74, 6) is -0.445. The highest BCUT2D eigenvalue weighted by Crippen LogP contribution is 2.10. The molecule has 0 saturated heterocycles. The van der Waals surface area contributed by atoms with Crippen LogP contribution in [0, 0.1) is 11.8 Å². The van der Waals surface area contributed by atoms with Crippen molar-refractivity contribution in [3.63, 3.8) is 0 Å². The Labute approximate surface area is 116 Å². The van der Waals surface area contributed by atoms with Crippen LogP contribution in [-0.2, 0) is 19.1 Å². The molecule has 5 heteroatoms.